The van der Waals surface area contributed by atoms with E-state index in [9.17, 15) is 4.79 Å². The van der Waals surface area contributed by atoms with Gasteiger partial charge < -0.3 is 19.5 Å². The number of hydrogen-bond acceptors (Lipinski definition) is 7. The summed E-state index contributed by atoms with van der Waals surface area (Å²) in [6.45, 7) is 0.165. The summed E-state index contributed by atoms with van der Waals surface area (Å²) in [7, 11) is 0. The van der Waals surface area contributed by atoms with Crippen LogP contribution in [0.25, 0.3) is 5.82 Å². The third-order valence-electron chi connectivity index (χ3n) is 4.33. The van der Waals surface area contributed by atoms with Crippen LogP contribution in [-0.4, -0.2) is 32.7 Å². The zero-order valence-corrected chi connectivity index (χ0v) is 15.6. The van der Waals surface area contributed by atoms with E-state index in [1.165, 1.54) is 0 Å². The molecule has 1 aliphatic heterocycles. The van der Waals surface area contributed by atoms with Gasteiger partial charge >= 0.3 is 0 Å². The average Bonchev–Trinajstić information content (AvgIpc) is 3.47. The van der Waals surface area contributed by atoms with Gasteiger partial charge in [0.2, 0.25) is 12.7 Å². The maximum atomic E-state index is 12.5. The van der Waals surface area contributed by atoms with E-state index in [0.29, 0.717) is 40.2 Å². The number of benzene rings is 2. The molecule has 0 unspecified atom stereocenters. The van der Waals surface area contributed by atoms with Gasteiger partial charge in [-0.25, -0.2) is 4.68 Å². The molecule has 0 spiro atoms. The zero-order valence-electron chi connectivity index (χ0n) is 15.6. The van der Waals surface area contributed by atoms with Crippen molar-refractivity contribution in [2.24, 2.45) is 0 Å². The van der Waals surface area contributed by atoms with Gasteiger partial charge in [-0.05, 0) is 54.6 Å². The summed E-state index contributed by atoms with van der Waals surface area (Å²) >= 11 is 0. The minimum Gasteiger partial charge on any atom is -0.454 e. The molecule has 0 saturated carbocycles. The van der Waals surface area contributed by atoms with Gasteiger partial charge in [0.1, 0.15) is 5.75 Å². The van der Waals surface area contributed by atoms with Crippen molar-refractivity contribution in [3.8, 4) is 28.9 Å². The summed E-state index contributed by atoms with van der Waals surface area (Å²) in [5, 5.41) is 15.1. The third-order valence-corrected chi connectivity index (χ3v) is 4.33. The number of hydrogen-bond donors (Lipinski definition) is 1. The molecule has 9 heteroatoms. The number of carbonyl (C=O) groups is 1. The number of amides is 1. The second-order valence-corrected chi connectivity index (χ2v) is 6.33. The molecule has 1 N–H and O–H groups in total. The Morgan fingerprint density at radius 3 is 2.63 bits per heavy atom. The Balaban J connectivity index is 1.23. The normalized spacial score (nSPS) is 11.9. The van der Waals surface area contributed by atoms with Crippen LogP contribution < -0.4 is 19.5 Å². The van der Waals surface area contributed by atoms with Crippen LogP contribution in [0.4, 0.5) is 5.69 Å². The summed E-state index contributed by atoms with van der Waals surface area (Å²) in [4.78, 5) is 12.5. The molecule has 0 radical (unpaired) electrons. The van der Waals surface area contributed by atoms with E-state index >= 15 is 0 Å². The highest BCUT2D eigenvalue weighted by atomic mass is 16.7. The highest BCUT2D eigenvalue weighted by molar-refractivity contribution is 6.04. The molecular formula is C21H15N5O4. The SMILES string of the molecule is O=C(Nc1ccc(Oc2ccc(-n3cccn3)nn2)cc1)c1ccc2c(c1)OCO2. The molecule has 0 bridgehead atoms. The van der Waals surface area contributed by atoms with Gasteiger partial charge in [-0.15, -0.1) is 10.2 Å². The van der Waals surface area contributed by atoms with Crippen LogP contribution in [0, 0.1) is 0 Å². The van der Waals surface area contributed by atoms with Crippen LogP contribution >= 0.6 is 0 Å². The van der Waals surface area contributed by atoms with E-state index in [0.717, 1.165) is 0 Å². The zero-order chi connectivity index (χ0) is 20.3. The quantitative estimate of drug-likeness (QED) is 0.547. The largest absolute Gasteiger partial charge is 0.454 e. The first kappa shape index (κ1) is 17.7. The predicted octanol–water partition coefficient (Wildman–Crippen LogP) is 3.44. The van der Waals surface area contributed by atoms with E-state index in [1.807, 2.05) is 0 Å². The van der Waals surface area contributed by atoms with Crippen molar-refractivity contribution in [3.63, 3.8) is 0 Å². The highest BCUT2D eigenvalue weighted by Gasteiger charge is 2.16. The third kappa shape index (κ3) is 3.63. The summed E-state index contributed by atoms with van der Waals surface area (Å²) in [5.41, 5.74) is 1.11. The van der Waals surface area contributed by atoms with E-state index in [4.69, 9.17) is 14.2 Å². The van der Waals surface area contributed by atoms with E-state index in [-0.39, 0.29) is 12.7 Å². The molecule has 0 aliphatic carbocycles. The number of nitrogens with one attached hydrogen (secondary N) is 1. The van der Waals surface area contributed by atoms with Crippen LogP contribution in [0.5, 0.6) is 23.1 Å². The Bertz CT molecular complexity index is 1180. The molecule has 1 amide bonds. The monoisotopic (exact) mass is 401 g/mol. The van der Waals surface area contributed by atoms with Gasteiger partial charge in [-0.1, -0.05) is 0 Å². The van der Waals surface area contributed by atoms with Crippen molar-refractivity contribution in [3.05, 3.63) is 78.6 Å². The molecular weight excluding hydrogens is 386 g/mol. The van der Waals surface area contributed by atoms with Crippen LogP contribution in [0.3, 0.4) is 0 Å². The number of anilines is 1. The van der Waals surface area contributed by atoms with Gasteiger partial charge in [0, 0.05) is 29.7 Å². The van der Waals surface area contributed by atoms with Crippen molar-refractivity contribution in [1.29, 1.82) is 0 Å². The van der Waals surface area contributed by atoms with Gasteiger partial charge in [-0.2, -0.15) is 5.10 Å². The molecule has 5 rings (SSSR count). The number of ether oxygens (including phenoxy) is 3. The number of fused-ring (bicyclic) bond motifs is 1. The fourth-order valence-electron chi connectivity index (χ4n) is 2.86. The maximum Gasteiger partial charge on any atom is 0.255 e. The molecule has 1 aliphatic rings. The molecule has 2 aromatic carbocycles. The van der Waals surface area contributed by atoms with Gasteiger partial charge in [0.25, 0.3) is 5.91 Å². The molecule has 0 fully saturated rings. The fourth-order valence-corrected chi connectivity index (χ4v) is 2.86. The van der Waals surface area contributed by atoms with Crippen molar-refractivity contribution >= 4 is 11.6 Å². The molecule has 0 saturated heterocycles. The predicted molar refractivity (Wildman–Crippen MR) is 106 cm³/mol. The lowest BCUT2D eigenvalue weighted by Crippen LogP contribution is -2.11. The summed E-state index contributed by atoms with van der Waals surface area (Å²) in [6.07, 6.45) is 3.44. The smallest absolute Gasteiger partial charge is 0.255 e. The lowest BCUT2D eigenvalue weighted by atomic mass is 10.2. The standard InChI is InChI=1S/C21H15N5O4/c27-21(14-2-7-17-18(12-14)29-13-28-17)23-15-3-5-16(6-4-15)30-20-9-8-19(24-25-20)26-11-1-10-22-26/h1-12H,13H2,(H,23,27). The lowest BCUT2D eigenvalue weighted by molar-refractivity contribution is 0.102. The van der Waals surface area contributed by atoms with E-state index in [1.54, 1.807) is 77.7 Å². The molecule has 9 nitrogen and oxygen atoms in total. The van der Waals surface area contributed by atoms with Crippen LogP contribution in [0.15, 0.2) is 73.1 Å². The Labute approximate surface area is 170 Å². The number of carbonyl (C=O) groups excluding carboxylic acids is 1. The Kier molecular flexibility index (Phi) is 4.45. The molecule has 2 aromatic heterocycles. The van der Waals surface area contributed by atoms with Crippen molar-refractivity contribution < 1.29 is 19.0 Å². The molecule has 148 valence electrons. The van der Waals surface area contributed by atoms with Gasteiger partial charge in [0.05, 0.1) is 0 Å². The first-order valence-electron chi connectivity index (χ1n) is 9.07. The minimum atomic E-state index is -0.248. The minimum absolute atomic E-state index is 0.165. The fraction of sp³-hybridized carbons (Fsp3) is 0.0476. The van der Waals surface area contributed by atoms with Crippen molar-refractivity contribution in [1.82, 2.24) is 20.0 Å². The molecule has 4 aromatic rings. The molecule has 30 heavy (non-hydrogen) atoms. The van der Waals surface area contributed by atoms with Crippen molar-refractivity contribution in [2.75, 3.05) is 12.1 Å². The Morgan fingerprint density at radius 1 is 1.00 bits per heavy atom. The Morgan fingerprint density at radius 2 is 1.87 bits per heavy atom. The number of nitrogens with zero attached hydrogens (tertiary/aromatic N) is 4. The first-order valence-corrected chi connectivity index (χ1v) is 9.07. The van der Waals surface area contributed by atoms with Gasteiger partial charge in [0.15, 0.2) is 17.3 Å². The van der Waals surface area contributed by atoms with Crippen LogP contribution in [-0.2, 0) is 0 Å². The van der Waals surface area contributed by atoms with E-state index in [2.05, 4.69) is 20.6 Å². The summed E-state index contributed by atoms with van der Waals surface area (Å²) < 4.78 is 17.9. The maximum absolute atomic E-state index is 12.5. The molecule has 3 heterocycles. The second kappa shape index (κ2) is 7.55. The Hall–Kier alpha value is -4.40. The summed E-state index contributed by atoms with van der Waals surface area (Å²) in [5.74, 6) is 2.45. The number of aromatic nitrogens is 4. The summed E-state index contributed by atoms with van der Waals surface area (Å²) in [6, 6.07) is 17.3. The first-order chi connectivity index (χ1) is 14.7. The second-order valence-electron chi connectivity index (χ2n) is 6.33. The topological polar surface area (TPSA) is 100 Å². The van der Waals surface area contributed by atoms with Crippen LogP contribution in [0.2, 0.25) is 0 Å². The number of rotatable bonds is 5. The highest BCUT2D eigenvalue weighted by Crippen LogP contribution is 2.32. The molecule has 0 atom stereocenters. The lowest BCUT2D eigenvalue weighted by Gasteiger charge is -2.08. The van der Waals surface area contributed by atoms with Gasteiger partial charge in [-0.3, -0.25) is 4.79 Å². The van der Waals surface area contributed by atoms with E-state index < -0.39 is 0 Å². The van der Waals surface area contributed by atoms with Crippen LogP contribution in [0.1, 0.15) is 10.4 Å². The average molecular weight is 401 g/mol. The van der Waals surface area contributed by atoms with Crippen molar-refractivity contribution in [2.45, 2.75) is 0 Å².